The minimum atomic E-state index is -3.29. The van der Waals surface area contributed by atoms with Crippen LogP contribution in [0.15, 0.2) is 36.4 Å². The highest BCUT2D eigenvalue weighted by molar-refractivity contribution is 7.92. The van der Waals surface area contributed by atoms with E-state index in [-0.39, 0.29) is 5.91 Å². The molecule has 0 aromatic heterocycles. The maximum atomic E-state index is 13.0. The number of benzene rings is 2. The Morgan fingerprint density at radius 2 is 1.69 bits per heavy atom. The van der Waals surface area contributed by atoms with E-state index in [0.29, 0.717) is 42.3 Å². The molecule has 0 N–H and O–H groups in total. The number of sulfonamides is 1. The number of amides is 1. The van der Waals surface area contributed by atoms with Gasteiger partial charge in [-0.3, -0.25) is 9.10 Å². The van der Waals surface area contributed by atoms with Gasteiger partial charge in [0.05, 0.1) is 11.9 Å². The van der Waals surface area contributed by atoms with Crippen LogP contribution >= 0.6 is 11.6 Å². The summed E-state index contributed by atoms with van der Waals surface area (Å²) in [7, 11) is -3.29. The summed E-state index contributed by atoms with van der Waals surface area (Å²) in [6, 6.07) is 11.2. The number of hydrogen-bond acceptors (Lipinski definition) is 4. The van der Waals surface area contributed by atoms with Crippen LogP contribution in [0.4, 0.5) is 11.4 Å². The SMILES string of the molecule is Cc1ccc(Cl)cc1N1CCN(C(=O)c2ccc3c(c2)CCN3S(C)(=O)=O)CC1. The maximum absolute atomic E-state index is 13.0. The lowest BCUT2D eigenvalue weighted by Crippen LogP contribution is -2.49. The summed E-state index contributed by atoms with van der Waals surface area (Å²) in [6.07, 6.45) is 1.84. The first-order valence-corrected chi connectivity index (χ1v) is 11.9. The highest BCUT2D eigenvalue weighted by Gasteiger charge is 2.28. The number of rotatable bonds is 3. The zero-order valence-electron chi connectivity index (χ0n) is 16.6. The Hall–Kier alpha value is -2.25. The van der Waals surface area contributed by atoms with Gasteiger partial charge < -0.3 is 9.80 Å². The molecule has 0 bridgehead atoms. The van der Waals surface area contributed by atoms with E-state index in [0.717, 1.165) is 24.3 Å². The first kappa shape index (κ1) is 20.0. The summed E-state index contributed by atoms with van der Waals surface area (Å²) < 4.78 is 25.2. The second-order valence-corrected chi connectivity index (χ2v) is 9.98. The molecule has 0 radical (unpaired) electrons. The molecule has 1 fully saturated rings. The van der Waals surface area contributed by atoms with Crippen LogP contribution in [-0.2, 0) is 16.4 Å². The zero-order chi connectivity index (χ0) is 20.8. The lowest BCUT2D eigenvalue weighted by atomic mass is 10.1. The number of piperazine rings is 1. The van der Waals surface area contributed by atoms with E-state index in [9.17, 15) is 13.2 Å². The van der Waals surface area contributed by atoms with Gasteiger partial charge >= 0.3 is 0 Å². The minimum absolute atomic E-state index is 0.00642. The summed E-state index contributed by atoms with van der Waals surface area (Å²) in [5.41, 5.74) is 4.50. The van der Waals surface area contributed by atoms with Gasteiger partial charge in [0.2, 0.25) is 10.0 Å². The Kier molecular flexibility index (Phi) is 5.21. The monoisotopic (exact) mass is 433 g/mol. The molecule has 2 aliphatic heterocycles. The Balaban J connectivity index is 1.46. The van der Waals surface area contributed by atoms with Crippen LogP contribution in [0.25, 0.3) is 0 Å². The van der Waals surface area contributed by atoms with Gasteiger partial charge in [-0.1, -0.05) is 17.7 Å². The normalized spacial score (nSPS) is 16.9. The van der Waals surface area contributed by atoms with Crippen LogP contribution in [0.2, 0.25) is 5.02 Å². The topological polar surface area (TPSA) is 60.9 Å². The number of halogens is 1. The van der Waals surface area contributed by atoms with E-state index < -0.39 is 10.0 Å². The molecule has 8 heteroatoms. The molecule has 0 aliphatic carbocycles. The van der Waals surface area contributed by atoms with Crippen LogP contribution < -0.4 is 9.21 Å². The molecule has 0 atom stereocenters. The van der Waals surface area contributed by atoms with Gasteiger partial charge in [-0.25, -0.2) is 8.42 Å². The van der Waals surface area contributed by atoms with Crippen molar-refractivity contribution in [3.63, 3.8) is 0 Å². The van der Waals surface area contributed by atoms with Crippen LogP contribution in [0, 0.1) is 6.92 Å². The van der Waals surface area contributed by atoms with Crippen molar-refractivity contribution in [2.24, 2.45) is 0 Å². The van der Waals surface area contributed by atoms with Crippen molar-refractivity contribution in [3.05, 3.63) is 58.1 Å². The summed E-state index contributed by atoms with van der Waals surface area (Å²) in [6.45, 7) is 5.27. The number of fused-ring (bicyclic) bond motifs is 1. The predicted octanol–water partition coefficient (Wildman–Crippen LogP) is 2.93. The minimum Gasteiger partial charge on any atom is -0.368 e. The molecule has 1 amide bonds. The van der Waals surface area contributed by atoms with Crippen molar-refractivity contribution in [2.45, 2.75) is 13.3 Å². The van der Waals surface area contributed by atoms with E-state index in [1.54, 1.807) is 12.1 Å². The maximum Gasteiger partial charge on any atom is 0.253 e. The molecule has 0 unspecified atom stereocenters. The highest BCUT2D eigenvalue weighted by atomic mass is 35.5. The van der Waals surface area contributed by atoms with Crippen molar-refractivity contribution >= 4 is 38.9 Å². The van der Waals surface area contributed by atoms with Crippen LogP contribution in [0.1, 0.15) is 21.5 Å². The van der Waals surface area contributed by atoms with Crippen LogP contribution in [0.5, 0.6) is 0 Å². The number of carbonyl (C=O) groups is 1. The van der Waals surface area contributed by atoms with Gasteiger partial charge in [-0.2, -0.15) is 0 Å². The van der Waals surface area contributed by atoms with Gasteiger partial charge in [-0.15, -0.1) is 0 Å². The summed E-state index contributed by atoms with van der Waals surface area (Å²) in [5, 5.41) is 0.713. The molecule has 6 nitrogen and oxygen atoms in total. The van der Waals surface area contributed by atoms with E-state index in [4.69, 9.17) is 11.6 Å². The predicted molar refractivity (Wildman–Crippen MR) is 117 cm³/mol. The number of nitrogens with zero attached hydrogens (tertiary/aromatic N) is 3. The van der Waals surface area contributed by atoms with Crippen molar-refractivity contribution in [1.82, 2.24) is 4.90 Å². The Labute approximate surface area is 176 Å². The molecule has 0 saturated carbocycles. The van der Waals surface area contributed by atoms with Gasteiger partial charge in [0.1, 0.15) is 0 Å². The van der Waals surface area contributed by atoms with Gasteiger partial charge in [0.15, 0.2) is 0 Å². The summed E-state index contributed by atoms with van der Waals surface area (Å²) >= 11 is 6.15. The second kappa shape index (κ2) is 7.54. The standard InChI is InChI=1S/C21H24ClN3O3S/c1-15-3-5-18(22)14-20(15)23-9-11-24(12-10-23)21(26)17-4-6-19-16(13-17)7-8-25(19)29(2,27)28/h3-6,13-14H,7-12H2,1-2H3. The van der Waals surface area contributed by atoms with Crippen molar-refractivity contribution in [2.75, 3.05) is 48.2 Å². The van der Waals surface area contributed by atoms with Gasteiger partial charge in [-0.05, 0) is 54.8 Å². The van der Waals surface area contributed by atoms with Crippen molar-refractivity contribution < 1.29 is 13.2 Å². The number of hydrogen-bond donors (Lipinski definition) is 0. The third-order valence-electron chi connectivity index (χ3n) is 5.66. The molecule has 2 heterocycles. The molecule has 2 aromatic carbocycles. The quantitative estimate of drug-likeness (QED) is 0.746. The molecule has 29 heavy (non-hydrogen) atoms. The zero-order valence-corrected chi connectivity index (χ0v) is 18.1. The van der Waals surface area contributed by atoms with Crippen LogP contribution in [0.3, 0.4) is 0 Å². The number of carbonyl (C=O) groups excluding carboxylic acids is 1. The molecule has 4 rings (SSSR count). The Morgan fingerprint density at radius 3 is 2.38 bits per heavy atom. The number of anilines is 2. The average molecular weight is 434 g/mol. The summed E-state index contributed by atoms with van der Waals surface area (Å²) in [5.74, 6) is -0.00642. The molecular formula is C21H24ClN3O3S. The fourth-order valence-corrected chi connectivity index (χ4v) is 5.23. The van der Waals surface area contributed by atoms with E-state index in [1.807, 2.05) is 29.2 Å². The van der Waals surface area contributed by atoms with Crippen molar-refractivity contribution in [3.8, 4) is 0 Å². The molecule has 2 aliphatic rings. The lowest BCUT2D eigenvalue weighted by molar-refractivity contribution is 0.0746. The van der Waals surface area contributed by atoms with E-state index in [2.05, 4.69) is 11.8 Å². The Bertz CT molecular complexity index is 1060. The molecule has 0 spiro atoms. The summed E-state index contributed by atoms with van der Waals surface area (Å²) in [4.78, 5) is 17.1. The first-order chi connectivity index (χ1) is 13.7. The van der Waals surface area contributed by atoms with Crippen molar-refractivity contribution in [1.29, 1.82) is 0 Å². The average Bonchev–Trinajstić information content (AvgIpc) is 3.13. The van der Waals surface area contributed by atoms with E-state index in [1.165, 1.54) is 16.1 Å². The second-order valence-electron chi connectivity index (χ2n) is 7.64. The van der Waals surface area contributed by atoms with Gasteiger partial charge in [0.25, 0.3) is 5.91 Å². The molecular weight excluding hydrogens is 410 g/mol. The number of aryl methyl sites for hydroxylation is 1. The first-order valence-electron chi connectivity index (χ1n) is 9.65. The smallest absolute Gasteiger partial charge is 0.253 e. The molecule has 1 saturated heterocycles. The fourth-order valence-electron chi connectivity index (χ4n) is 4.11. The fraction of sp³-hybridized carbons (Fsp3) is 0.381. The highest BCUT2D eigenvalue weighted by Crippen LogP contribution is 2.31. The van der Waals surface area contributed by atoms with Gasteiger partial charge in [0, 0.05) is 49.0 Å². The molecule has 2 aromatic rings. The largest absolute Gasteiger partial charge is 0.368 e. The molecule has 154 valence electrons. The third-order valence-corrected chi connectivity index (χ3v) is 7.07. The van der Waals surface area contributed by atoms with E-state index >= 15 is 0 Å². The van der Waals surface area contributed by atoms with Crippen LogP contribution in [-0.4, -0.2) is 58.2 Å². The lowest BCUT2D eigenvalue weighted by Gasteiger charge is -2.37. The third kappa shape index (κ3) is 3.94. The Morgan fingerprint density at radius 1 is 0.966 bits per heavy atom.